The van der Waals surface area contributed by atoms with Gasteiger partial charge in [-0.15, -0.1) is 0 Å². The summed E-state index contributed by atoms with van der Waals surface area (Å²) in [7, 11) is 0. The number of esters is 1. The zero-order valence-electron chi connectivity index (χ0n) is 15.9. The Morgan fingerprint density at radius 2 is 1.83 bits per heavy atom. The van der Waals surface area contributed by atoms with Crippen LogP contribution < -0.4 is 5.32 Å². The molecule has 0 aromatic heterocycles. The third-order valence-electron chi connectivity index (χ3n) is 4.50. The number of rotatable bonds is 7. The van der Waals surface area contributed by atoms with E-state index in [2.05, 4.69) is 5.32 Å². The number of nitrogens with zero attached hydrogens (tertiary/aromatic N) is 2. The predicted molar refractivity (Wildman–Crippen MR) is 104 cm³/mol. The molecule has 3 amide bonds. The average Bonchev–Trinajstić information content (AvgIpc) is 2.97. The number of hydrogen-bond donors (Lipinski definition) is 1. The molecular formula is C20H17N3O7. The van der Waals surface area contributed by atoms with Crippen molar-refractivity contribution in [3.63, 3.8) is 0 Å². The SMILES string of the molecule is CCc1ccccc1NC(=O)COC(=O)CN1C(=O)c2cccc([N+](=O)[O-])c2C1=O. The van der Waals surface area contributed by atoms with Crippen LogP contribution in [0.25, 0.3) is 0 Å². The molecule has 0 atom stereocenters. The minimum absolute atomic E-state index is 0.157. The van der Waals surface area contributed by atoms with Crippen LogP contribution in [-0.2, 0) is 20.7 Å². The molecule has 10 heteroatoms. The molecule has 0 unspecified atom stereocenters. The number of carbonyl (C=O) groups excluding carboxylic acids is 4. The van der Waals surface area contributed by atoms with Crippen LogP contribution in [-0.4, -0.2) is 46.7 Å². The second-order valence-corrected chi connectivity index (χ2v) is 6.37. The quantitative estimate of drug-likeness (QED) is 0.318. The number of nitrogens with one attached hydrogen (secondary N) is 1. The van der Waals surface area contributed by atoms with Gasteiger partial charge in [0.1, 0.15) is 12.1 Å². The Balaban J connectivity index is 1.61. The van der Waals surface area contributed by atoms with E-state index in [1.54, 1.807) is 12.1 Å². The Kier molecular flexibility index (Phi) is 5.86. The van der Waals surface area contributed by atoms with Crippen LogP contribution in [0.3, 0.4) is 0 Å². The summed E-state index contributed by atoms with van der Waals surface area (Å²) in [6.45, 7) is 0.556. The highest BCUT2D eigenvalue weighted by Gasteiger charge is 2.41. The number of carbonyl (C=O) groups is 4. The van der Waals surface area contributed by atoms with Gasteiger partial charge in [-0.3, -0.25) is 34.2 Å². The van der Waals surface area contributed by atoms with Crippen LogP contribution in [0.2, 0.25) is 0 Å². The maximum Gasteiger partial charge on any atom is 0.326 e. The molecule has 2 aromatic rings. The molecule has 0 spiro atoms. The van der Waals surface area contributed by atoms with Crippen molar-refractivity contribution in [1.29, 1.82) is 0 Å². The van der Waals surface area contributed by atoms with E-state index < -0.39 is 47.5 Å². The number of ether oxygens (including phenoxy) is 1. The molecule has 0 bridgehead atoms. The largest absolute Gasteiger partial charge is 0.454 e. The van der Waals surface area contributed by atoms with Crippen LogP contribution >= 0.6 is 0 Å². The van der Waals surface area contributed by atoms with Crippen LogP contribution in [0, 0.1) is 10.1 Å². The zero-order valence-corrected chi connectivity index (χ0v) is 15.9. The normalized spacial score (nSPS) is 12.5. The van der Waals surface area contributed by atoms with Crippen molar-refractivity contribution in [2.45, 2.75) is 13.3 Å². The lowest BCUT2D eigenvalue weighted by Crippen LogP contribution is -2.36. The number of hydrogen-bond acceptors (Lipinski definition) is 7. The van der Waals surface area contributed by atoms with Crippen molar-refractivity contribution in [1.82, 2.24) is 4.90 Å². The standard InChI is InChI=1S/C20H17N3O7/c1-2-12-6-3-4-8-14(12)21-16(24)11-30-17(25)10-22-19(26)13-7-5-9-15(23(28)29)18(13)20(22)27/h3-9H,2,10-11H2,1H3,(H,21,24). The Morgan fingerprint density at radius 3 is 2.53 bits per heavy atom. The van der Waals surface area contributed by atoms with Gasteiger partial charge in [0.2, 0.25) is 0 Å². The van der Waals surface area contributed by atoms with E-state index in [0.29, 0.717) is 17.0 Å². The summed E-state index contributed by atoms with van der Waals surface area (Å²) in [5.74, 6) is -3.37. The van der Waals surface area contributed by atoms with E-state index in [9.17, 15) is 29.3 Å². The van der Waals surface area contributed by atoms with Gasteiger partial charge < -0.3 is 10.1 Å². The van der Waals surface area contributed by atoms with Crippen molar-refractivity contribution < 1.29 is 28.8 Å². The van der Waals surface area contributed by atoms with Crippen LogP contribution in [0.4, 0.5) is 11.4 Å². The topological polar surface area (TPSA) is 136 Å². The minimum atomic E-state index is -0.994. The van der Waals surface area contributed by atoms with Gasteiger partial charge in [0.15, 0.2) is 6.61 Å². The predicted octanol–water partition coefficient (Wildman–Crippen LogP) is 1.94. The van der Waals surface area contributed by atoms with E-state index in [4.69, 9.17) is 4.74 Å². The Labute approximate surface area is 170 Å². The van der Waals surface area contributed by atoms with Gasteiger partial charge in [-0.1, -0.05) is 31.2 Å². The summed E-state index contributed by atoms with van der Waals surface area (Å²) >= 11 is 0. The summed E-state index contributed by atoms with van der Waals surface area (Å²) in [6, 6.07) is 10.8. The lowest BCUT2D eigenvalue weighted by molar-refractivity contribution is -0.385. The molecule has 1 aliphatic rings. The molecule has 1 aliphatic heterocycles. The van der Waals surface area contributed by atoms with Gasteiger partial charge in [0, 0.05) is 11.8 Å². The molecule has 1 heterocycles. The average molecular weight is 411 g/mol. The number of para-hydroxylation sites is 1. The van der Waals surface area contributed by atoms with Gasteiger partial charge in [-0.2, -0.15) is 0 Å². The summed E-state index contributed by atoms with van der Waals surface area (Å²) in [5, 5.41) is 13.7. The maximum absolute atomic E-state index is 12.4. The fraction of sp³-hybridized carbons (Fsp3) is 0.200. The Bertz CT molecular complexity index is 1060. The van der Waals surface area contributed by atoms with Gasteiger partial charge in [-0.25, -0.2) is 0 Å². The van der Waals surface area contributed by atoms with E-state index >= 15 is 0 Å². The number of nitro groups is 1. The number of amides is 3. The lowest BCUT2D eigenvalue weighted by Gasteiger charge is -2.13. The van der Waals surface area contributed by atoms with Crippen molar-refractivity contribution >= 4 is 35.1 Å². The molecule has 10 nitrogen and oxygen atoms in total. The van der Waals surface area contributed by atoms with Crippen LogP contribution in [0.1, 0.15) is 33.2 Å². The molecule has 154 valence electrons. The van der Waals surface area contributed by atoms with Gasteiger partial charge in [-0.05, 0) is 24.1 Å². The number of imide groups is 1. The summed E-state index contributed by atoms with van der Waals surface area (Å²) < 4.78 is 4.85. The first-order valence-corrected chi connectivity index (χ1v) is 9.00. The Morgan fingerprint density at radius 1 is 1.10 bits per heavy atom. The molecule has 0 radical (unpaired) electrons. The highest BCUT2D eigenvalue weighted by Crippen LogP contribution is 2.30. The number of anilines is 1. The second kappa shape index (κ2) is 8.52. The van der Waals surface area contributed by atoms with Crippen LogP contribution in [0.5, 0.6) is 0 Å². The maximum atomic E-state index is 12.4. The number of benzene rings is 2. The van der Waals surface area contributed by atoms with E-state index in [0.717, 1.165) is 11.6 Å². The minimum Gasteiger partial charge on any atom is -0.454 e. The molecule has 0 aliphatic carbocycles. The second-order valence-electron chi connectivity index (χ2n) is 6.37. The number of nitro benzene ring substituents is 1. The molecule has 1 N–H and O–H groups in total. The monoisotopic (exact) mass is 411 g/mol. The van der Waals surface area contributed by atoms with Crippen molar-refractivity contribution in [2.24, 2.45) is 0 Å². The fourth-order valence-corrected chi connectivity index (χ4v) is 3.07. The van der Waals surface area contributed by atoms with Crippen molar-refractivity contribution in [3.05, 3.63) is 69.3 Å². The van der Waals surface area contributed by atoms with E-state index in [-0.39, 0.29) is 11.1 Å². The summed E-state index contributed by atoms with van der Waals surface area (Å²) in [5.41, 5.74) is 0.458. The highest BCUT2D eigenvalue weighted by atomic mass is 16.6. The van der Waals surface area contributed by atoms with Gasteiger partial charge in [0.25, 0.3) is 23.4 Å². The van der Waals surface area contributed by atoms with Crippen LogP contribution in [0.15, 0.2) is 42.5 Å². The molecule has 0 saturated carbocycles. The molecule has 30 heavy (non-hydrogen) atoms. The summed E-state index contributed by atoms with van der Waals surface area (Å²) in [4.78, 5) is 59.8. The highest BCUT2D eigenvalue weighted by molar-refractivity contribution is 6.24. The Hall–Kier alpha value is -4.08. The van der Waals surface area contributed by atoms with Crippen molar-refractivity contribution in [2.75, 3.05) is 18.5 Å². The first-order chi connectivity index (χ1) is 14.3. The van der Waals surface area contributed by atoms with Gasteiger partial charge >= 0.3 is 5.97 Å². The van der Waals surface area contributed by atoms with E-state index in [1.165, 1.54) is 12.1 Å². The zero-order chi connectivity index (χ0) is 21.8. The lowest BCUT2D eigenvalue weighted by atomic mass is 10.1. The first-order valence-electron chi connectivity index (χ1n) is 9.00. The first kappa shape index (κ1) is 20.6. The smallest absolute Gasteiger partial charge is 0.326 e. The number of aryl methyl sites for hydroxylation is 1. The molecule has 0 saturated heterocycles. The molecule has 3 rings (SSSR count). The third-order valence-corrected chi connectivity index (χ3v) is 4.50. The third kappa shape index (κ3) is 4.02. The molecule has 0 fully saturated rings. The fourth-order valence-electron chi connectivity index (χ4n) is 3.07. The van der Waals surface area contributed by atoms with E-state index in [1.807, 2.05) is 19.1 Å². The number of fused-ring (bicyclic) bond motifs is 1. The molecular weight excluding hydrogens is 394 g/mol. The summed E-state index contributed by atoms with van der Waals surface area (Å²) in [6.07, 6.45) is 0.697. The van der Waals surface area contributed by atoms with Gasteiger partial charge in [0.05, 0.1) is 10.5 Å². The van der Waals surface area contributed by atoms with Crippen molar-refractivity contribution in [3.8, 4) is 0 Å². The molecule has 2 aromatic carbocycles.